The number of benzene rings is 2. The van der Waals surface area contributed by atoms with Crippen molar-refractivity contribution >= 4 is 21.9 Å². The second kappa shape index (κ2) is 6.55. The number of halogens is 1. The highest BCUT2D eigenvalue weighted by Gasteiger charge is 2.23. The number of carbonyl (C=O) groups is 1. The molecule has 1 amide bonds. The van der Waals surface area contributed by atoms with Crippen LogP contribution in [0, 0.1) is 0 Å². The molecule has 2 aromatic rings. The first-order valence-corrected chi connectivity index (χ1v) is 7.79. The molecule has 23 heavy (non-hydrogen) atoms. The van der Waals surface area contributed by atoms with Gasteiger partial charge in [-0.1, -0.05) is 36.4 Å². The van der Waals surface area contributed by atoms with Crippen molar-refractivity contribution in [1.29, 1.82) is 0 Å². The minimum absolute atomic E-state index is 0.344. The van der Waals surface area contributed by atoms with Gasteiger partial charge in [0.2, 0.25) is 0 Å². The number of carbonyl (C=O) groups excluding carboxylic acids is 1. The van der Waals surface area contributed by atoms with E-state index in [2.05, 4.69) is 4.99 Å². The fourth-order valence-electron chi connectivity index (χ4n) is 1.95. The van der Waals surface area contributed by atoms with Crippen LogP contribution in [0.3, 0.4) is 0 Å². The fraction of sp³-hybridized carbons (Fsp3) is 0. The Balaban J connectivity index is 2.66. The summed E-state index contributed by atoms with van der Waals surface area (Å²) in [6.45, 7) is 0. The van der Waals surface area contributed by atoms with E-state index < -0.39 is 26.8 Å². The van der Waals surface area contributed by atoms with Crippen LogP contribution in [0.2, 0.25) is 0 Å². The van der Waals surface area contributed by atoms with Gasteiger partial charge in [-0.3, -0.25) is 4.79 Å². The van der Waals surface area contributed by atoms with Crippen LogP contribution in [-0.2, 0) is 10.0 Å². The Morgan fingerprint density at radius 3 is 2.26 bits per heavy atom. The maximum atomic E-state index is 12.7. The van der Waals surface area contributed by atoms with Gasteiger partial charge in [0, 0.05) is 0 Å². The molecule has 9 heteroatoms. The lowest BCUT2D eigenvalue weighted by Crippen LogP contribution is -2.25. The fourth-order valence-corrected chi connectivity index (χ4v) is 2.76. The Morgan fingerprint density at radius 1 is 1.04 bits per heavy atom. The molecule has 0 saturated carbocycles. The average Bonchev–Trinajstić information content (AvgIpc) is 2.54. The number of rotatable bonds is 4. The summed E-state index contributed by atoms with van der Waals surface area (Å²) >= 11 is 0. The highest BCUT2D eigenvalue weighted by molar-refractivity contribution is 7.89. The van der Waals surface area contributed by atoms with Gasteiger partial charge in [0.15, 0.2) is 5.96 Å². The summed E-state index contributed by atoms with van der Waals surface area (Å²) in [5.74, 6) is -1.52. The molecule has 0 heterocycles. The van der Waals surface area contributed by atoms with E-state index >= 15 is 0 Å². The highest BCUT2D eigenvalue weighted by atomic mass is 32.2. The molecule has 7 nitrogen and oxygen atoms in total. The van der Waals surface area contributed by atoms with Crippen LogP contribution in [0.4, 0.5) is 4.48 Å². The van der Waals surface area contributed by atoms with E-state index in [4.69, 9.17) is 11.5 Å². The molecule has 0 bridgehead atoms. The van der Waals surface area contributed by atoms with Crippen LogP contribution in [0.5, 0.6) is 0 Å². The summed E-state index contributed by atoms with van der Waals surface area (Å²) in [4.78, 5) is 15.3. The van der Waals surface area contributed by atoms with Crippen LogP contribution in [0.1, 0.15) is 10.4 Å². The molecule has 0 aliphatic heterocycles. The standard InChI is InChI=1S/C14H13FN4O3S/c15-19-23(21,22)12-8-10(9-4-2-1-3-5-9)6-7-11(12)13(20)18-14(16)17/h1-8,19H,(H4,16,17,18,20). The molecule has 2 rings (SSSR count). The zero-order chi connectivity index (χ0) is 17.0. The third-order valence-corrected chi connectivity index (χ3v) is 4.06. The van der Waals surface area contributed by atoms with Crippen molar-refractivity contribution in [1.82, 2.24) is 4.94 Å². The average molecular weight is 336 g/mol. The lowest BCUT2D eigenvalue weighted by atomic mass is 10.0. The monoisotopic (exact) mass is 336 g/mol. The van der Waals surface area contributed by atoms with Crippen molar-refractivity contribution in [2.75, 3.05) is 0 Å². The SMILES string of the molecule is NC(N)=NC(=O)c1ccc(-c2ccccc2)cc1S(=O)(=O)NF. The second-order valence-electron chi connectivity index (χ2n) is 4.50. The zero-order valence-corrected chi connectivity index (χ0v) is 12.5. The van der Waals surface area contributed by atoms with Gasteiger partial charge in [0.25, 0.3) is 15.9 Å². The molecule has 0 fully saturated rings. The molecule has 0 aliphatic rings. The predicted octanol–water partition coefficient (Wildman–Crippen LogP) is 0.930. The van der Waals surface area contributed by atoms with E-state index in [9.17, 15) is 17.7 Å². The largest absolute Gasteiger partial charge is 0.370 e. The molecule has 0 spiro atoms. The first-order chi connectivity index (χ1) is 10.8. The second-order valence-corrected chi connectivity index (χ2v) is 6.10. The van der Waals surface area contributed by atoms with Crippen LogP contribution in [0.15, 0.2) is 58.4 Å². The van der Waals surface area contributed by atoms with Gasteiger partial charge in [0.1, 0.15) is 0 Å². The Morgan fingerprint density at radius 2 is 1.70 bits per heavy atom. The van der Waals surface area contributed by atoms with E-state index in [0.717, 1.165) is 0 Å². The van der Waals surface area contributed by atoms with Gasteiger partial charge >= 0.3 is 0 Å². The smallest absolute Gasteiger partial charge is 0.281 e. The molecule has 0 unspecified atom stereocenters. The molecule has 2 aromatic carbocycles. The van der Waals surface area contributed by atoms with E-state index in [0.29, 0.717) is 16.1 Å². The van der Waals surface area contributed by atoms with Gasteiger partial charge < -0.3 is 11.5 Å². The maximum Gasteiger partial charge on any atom is 0.281 e. The van der Waals surface area contributed by atoms with Crippen molar-refractivity contribution in [3.63, 3.8) is 0 Å². The summed E-state index contributed by atoms with van der Waals surface area (Å²) < 4.78 is 36.4. The molecular weight excluding hydrogens is 323 g/mol. The first-order valence-electron chi connectivity index (χ1n) is 6.31. The molecule has 0 aliphatic carbocycles. The summed E-state index contributed by atoms with van der Waals surface area (Å²) in [5, 5.41) is 0. The number of nitrogens with zero attached hydrogens (tertiary/aromatic N) is 1. The molecule has 0 atom stereocenters. The number of sulfonamides is 1. The van der Waals surface area contributed by atoms with Crippen LogP contribution in [-0.4, -0.2) is 20.3 Å². The van der Waals surface area contributed by atoms with Gasteiger partial charge in [-0.2, -0.15) is 4.99 Å². The molecular formula is C14H13FN4O3S. The van der Waals surface area contributed by atoms with Crippen LogP contribution < -0.4 is 16.4 Å². The number of nitrogens with one attached hydrogen (secondary N) is 1. The number of nitrogens with two attached hydrogens (primary N) is 2. The number of hydrogen-bond acceptors (Lipinski definition) is 3. The number of amides is 1. The number of aliphatic imine (C=N–C) groups is 1. The Bertz CT molecular complexity index is 863. The van der Waals surface area contributed by atoms with Crippen molar-refractivity contribution < 1.29 is 17.7 Å². The van der Waals surface area contributed by atoms with E-state index in [1.165, 1.54) is 18.2 Å². The highest BCUT2D eigenvalue weighted by Crippen LogP contribution is 2.26. The van der Waals surface area contributed by atoms with Gasteiger partial charge in [0.05, 0.1) is 10.5 Å². The summed E-state index contributed by atoms with van der Waals surface area (Å²) in [6, 6.07) is 12.7. The van der Waals surface area contributed by atoms with Gasteiger partial charge in [-0.15, -0.1) is 4.48 Å². The van der Waals surface area contributed by atoms with Crippen molar-refractivity contribution in [3.05, 3.63) is 54.1 Å². The molecule has 0 aromatic heterocycles. The molecule has 5 N–H and O–H groups in total. The zero-order valence-electron chi connectivity index (χ0n) is 11.7. The summed E-state index contributed by atoms with van der Waals surface area (Å²) in [7, 11) is -4.53. The van der Waals surface area contributed by atoms with Crippen LogP contribution >= 0.6 is 0 Å². The van der Waals surface area contributed by atoms with E-state index in [-0.39, 0.29) is 5.56 Å². The minimum Gasteiger partial charge on any atom is -0.370 e. The third-order valence-electron chi connectivity index (χ3n) is 2.94. The first kappa shape index (κ1) is 16.6. The predicted molar refractivity (Wildman–Crippen MR) is 83.4 cm³/mol. The van der Waals surface area contributed by atoms with Crippen molar-refractivity contribution in [2.45, 2.75) is 4.90 Å². The topological polar surface area (TPSA) is 128 Å². The normalized spacial score (nSPS) is 11.0. The third kappa shape index (κ3) is 3.71. The summed E-state index contributed by atoms with van der Waals surface area (Å²) in [5.41, 5.74) is 11.1. The summed E-state index contributed by atoms with van der Waals surface area (Å²) in [6.07, 6.45) is 0. The quantitative estimate of drug-likeness (QED) is 0.435. The number of guanidine groups is 1. The Labute approximate surface area is 131 Å². The van der Waals surface area contributed by atoms with Crippen molar-refractivity contribution in [2.24, 2.45) is 16.5 Å². The van der Waals surface area contributed by atoms with Gasteiger partial charge in [-0.05, 0) is 28.2 Å². The van der Waals surface area contributed by atoms with Gasteiger partial charge in [-0.25, -0.2) is 8.42 Å². The lowest BCUT2D eigenvalue weighted by molar-refractivity contribution is 0.0999. The van der Waals surface area contributed by atoms with Crippen LogP contribution in [0.25, 0.3) is 11.1 Å². The lowest BCUT2D eigenvalue weighted by Gasteiger charge is -2.09. The number of hydrogen-bond donors (Lipinski definition) is 3. The minimum atomic E-state index is -4.53. The molecule has 120 valence electrons. The Kier molecular flexibility index (Phi) is 4.72. The van der Waals surface area contributed by atoms with Crippen molar-refractivity contribution in [3.8, 4) is 11.1 Å². The Hall–Kier alpha value is -2.78. The van der Waals surface area contributed by atoms with E-state index in [1.54, 1.807) is 30.3 Å². The molecule has 0 radical (unpaired) electrons. The maximum absolute atomic E-state index is 12.7. The van der Waals surface area contributed by atoms with E-state index in [1.807, 2.05) is 0 Å². The molecule has 0 saturated heterocycles.